The molecule has 0 aliphatic heterocycles. The number of carbonyl (C=O) groups is 1. The van der Waals surface area contributed by atoms with Gasteiger partial charge in [-0.25, -0.2) is 9.97 Å². The highest BCUT2D eigenvalue weighted by atomic mass is 16.3. The highest BCUT2D eigenvalue weighted by Gasteiger charge is 2.43. The second-order valence-corrected chi connectivity index (χ2v) is 9.18. The second kappa shape index (κ2) is 9.65. The Morgan fingerprint density at radius 3 is 2.43 bits per heavy atom. The van der Waals surface area contributed by atoms with Gasteiger partial charge in [0.15, 0.2) is 0 Å². The summed E-state index contributed by atoms with van der Waals surface area (Å²) in [6.07, 6.45) is 9.13. The van der Waals surface area contributed by atoms with Gasteiger partial charge in [-0.15, -0.1) is 4.99 Å². The van der Waals surface area contributed by atoms with Crippen LogP contribution in [0.1, 0.15) is 44.2 Å². The lowest BCUT2D eigenvalue weighted by atomic mass is 9.63. The topological polar surface area (TPSA) is 149 Å². The van der Waals surface area contributed by atoms with Crippen molar-refractivity contribution in [3.05, 3.63) is 60.2 Å². The van der Waals surface area contributed by atoms with E-state index in [0.29, 0.717) is 5.56 Å². The zero-order valence-corrected chi connectivity index (χ0v) is 20.2. The number of nitrogens with one attached hydrogen (secondary N) is 1. The summed E-state index contributed by atoms with van der Waals surface area (Å²) in [7, 11) is 1.75. The fraction of sp³-hybridized carbons (Fsp3) is 0.360. The number of benzene rings is 1. The minimum atomic E-state index is -0.506. The number of amides is 1. The van der Waals surface area contributed by atoms with Crippen molar-refractivity contribution in [2.75, 3.05) is 12.8 Å². The summed E-state index contributed by atoms with van der Waals surface area (Å²) < 4.78 is 1.50. The van der Waals surface area contributed by atoms with Crippen molar-refractivity contribution in [1.82, 2.24) is 24.6 Å². The van der Waals surface area contributed by atoms with Gasteiger partial charge in [-0.2, -0.15) is 5.10 Å². The summed E-state index contributed by atoms with van der Waals surface area (Å²) in [5.74, 6) is 0.304. The molecular weight excluding hydrogens is 444 g/mol. The van der Waals surface area contributed by atoms with E-state index >= 15 is 0 Å². The Labute approximate surface area is 204 Å². The molecule has 0 atom stereocenters. The van der Waals surface area contributed by atoms with Crippen LogP contribution in [-0.2, 0) is 16.8 Å². The van der Waals surface area contributed by atoms with Crippen molar-refractivity contribution in [2.45, 2.75) is 51.1 Å². The highest BCUT2D eigenvalue weighted by molar-refractivity contribution is 6.04. The van der Waals surface area contributed by atoms with Crippen LogP contribution in [0.2, 0.25) is 0 Å². The minimum absolute atomic E-state index is 0.0344. The van der Waals surface area contributed by atoms with E-state index in [2.05, 4.69) is 20.1 Å². The number of amidine groups is 1. The van der Waals surface area contributed by atoms with E-state index in [1.54, 1.807) is 30.5 Å². The minimum Gasteiger partial charge on any atom is -0.578 e. The summed E-state index contributed by atoms with van der Waals surface area (Å²) >= 11 is 0. The first kappa shape index (κ1) is 24.1. The molecule has 10 heteroatoms. The molecule has 5 N–H and O–H groups in total. The predicted octanol–water partition coefficient (Wildman–Crippen LogP) is 2.36. The van der Waals surface area contributed by atoms with Crippen LogP contribution in [0.4, 0.5) is 5.95 Å². The molecule has 1 amide bonds. The molecule has 3 aromatic rings. The molecule has 1 aliphatic rings. The lowest BCUT2D eigenvalue weighted by Crippen LogP contribution is -2.41. The number of nitrogens with two attached hydrogens (primary N) is 1. The summed E-state index contributed by atoms with van der Waals surface area (Å²) in [5, 5.41) is 21.4. The van der Waals surface area contributed by atoms with Crippen molar-refractivity contribution in [2.24, 2.45) is 4.99 Å². The van der Waals surface area contributed by atoms with Crippen LogP contribution in [0.15, 0.2) is 54.0 Å². The van der Waals surface area contributed by atoms with Gasteiger partial charge < -0.3 is 15.7 Å². The molecule has 10 nitrogen and oxygen atoms in total. The van der Waals surface area contributed by atoms with Crippen LogP contribution >= 0.6 is 0 Å². The molecule has 1 aromatic carbocycles. The van der Waals surface area contributed by atoms with Crippen molar-refractivity contribution in [1.29, 1.82) is 5.41 Å². The number of carbonyl (C=O) groups excluding carboxylic acids is 1. The lowest BCUT2D eigenvalue weighted by Gasteiger charge is -2.41. The second-order valence-electron chi connectivity index (χ2n) is 9.18. The van der Waals surface area contributed by atoms with E-state index in [1.807, 2.05) is 38.1 Å². The maximum absolute atomic E-state index is 12.3. The molecule has 1 aliphatic carbocycles. The Bertz CT molecular complexity index is 1240. The summed E-state index contributed by atoms with van der Waals surface area (Å²) in [6.45, 7) is 3.99. The van der Waals surface area contributed by atoms with Crippen LogP contribution in [0.25, 0.3) is 11.1 Å². The molecule has 0 spiro atoms. The number of hydrogen-bond acceptors (Lipinski definition) is 6. The molecule has 2 heterocycles. The quantitative estimate of drug-likeness (QED) is 0.306. The third-order valence-electron chi connectivity index (χ3n) is 6.70. The van der Waals surface area contributed by atoms with Gasteiger partial charge >= 0.3 is 5.90 Å². The maximum atomic E-state index is 12.3. The van der Waals surface area contributed by atoms with Crippen molar-refractivity contribution >= 4 is 23.6 Å². The number of nitrogen functional groups attached to an aromatic ring is 1. The molecule has 0 bridgehead atoms. The predicted molar refractivity (Wildman–Crippen MR) is 135 cm³/mol. The van der Waals surface area contributed by atoms with Crippen LogP contribution < -0.4 is 5.73 Å². The first-order valence-electron chi connectivity index (χ1n) is 11.6. The third kappa shape index (κ3) is 4.91. The molecule has 0 radical (unpaired) electrons. The summed E-state index contributed by atoms with van der Waals surface area (Å²) in [5.41, 5.74) is 8.38. The standard InChI is InChI=1S/C25H30N8O2/c1-16(2)32(3)21(34)15-33-14-19(13-30-33)22(35)31-23(26)25(9-4-10-25)20-7-5-17(6-8-20)18-11-28-24(27)29-12-18/h5-8,11-14,16H,4,9-10,15H2,1-3H3,(H2,26,31,35)(H2,27,28,29)/p+1. The van der Waals surface area contributed by atoms with Gasteiger partial charge in [-0.3, -0.25) is 14.9 Å². The number of rotatable bonds is 7. The molecule has 0 unspecified atom stereocenters. The number of nitrogens with zero attached hydrogens (tertiary/aromatic N) is 6. The van der Waals surface area contributed by atoms with Crippen LogP contribution in [0.3, 0.4) is 0 Å². The average molecular weight is 476 g/mol. The number of likely N-dealkylation sites (N-methyl/N-ethyl adjacent to an activating group) is 1. The monoisotopic (exact) mass is 475 g/mol. The summed E-state index contributed by atoms with van der Waals surface area (Å²) in [4.78, 5) is 26.4. The van der Waals surface area contributed by atoms with Crippen molar-refractivity contribution in [3.63, 3.8) is 0 Å². The molecule has 0 saturated heterocycles. The lowest BCUT2D eigenvalue weighted by molar-refractivity contribution is -0.132. The van der Waals surface area contributed by atoms with Gasteiger partial charge in [0.25, 0.3) is 0 Å². The fourth-order valence-corrected chi connectivity index (χ4v) is 4.06. The Morgan fingerprint density at radius 1 is 1.20 bits per heavy atom. The van der Waals surface area contributed by atoms with Crippen LogP contribution in [0, 0.1) is 5.41 Å². The highest BCUT2D eigenvalue weighted by Crippen LogP contribution is 2.45. The van der Waals surface area contributed by atoms with Crippen molar-refractivity contribution < 1.29 is 9.90 Å². The Morgan fingerprint density at radius 2 is 1.86 bits per heavy atom. The van der Waals surface area contributed by atoms with E-state index in [0.717, 1.165) is 36.0 Å². The summed E-state index contributed by atoms with van der Waals surface area (Å²) in [6, 6.07) is 8.08. The molecular formula is C25H31N8O2+. The van der Waals surface area contributed by atoms with E-state index in [1.165, 1.54) is 10.9 Å². The zero-order chi connectivity index (χ0) is 25.2. The van der Waals surface area contributed by atoms with Crippen LogP contribution in [0.5, 0.6) is 0 Å². The average Bonchev–Trinajstić information content (AvgIpc) is 3.27. The Hall–Kier alpha value is -4.08. The largest absolute Gasteiger partial charge is 0.578 e. The van der Waals surface area contributed by atoms with Crippen LogP contribution in [-0.4, -0.2) is 60.5 Å². The van der Waals surface area contributed by atoms with E-state index in [4.69, 9.17) is 16.2 Å². The molecule has 2 aromatic heterocycles. The van der Waals surface area contributed by atoms with Gasteiger partial charge in [0.05, 0.1) is 11.6 Å². The molecule has 4 rings (SSSR count). The zero-order valence-electron chi connectivity index (χ0n) is 20.2. The van der Waals surface area contributed by atoms with E-state index < -0.39 is 5.41 Å². The molecule has 182 valence electrons. The smallest absolute Gasteiger partial charge is 0.369 e. The van der Waals surface area contributed by atoms with E-state index in [-0.39, 0.29) is 36.2 Å². The SMILES string of the molecule is CC(C)N(C)C(=O)Cn1cc(C([OH2+])=NC(=N)C2(c3ccc(-c4cnc(N)nc4)cc3)CCC2)cn1. The van der Waals surface area contributed by atoms with Gasteiger partial charge in [-0.05, 0) is 37.8 Å². The maximum Gasteiger partial charge on any atom is 0.369 e. The molecule has 35 heavy (non-hydrogen) atoms. The molecule has 1 saturated carbocycles. The number of hydrogen-bond donors (Lipinski definition) is 2. The third-order valence-corrected chi connectivity index (χ3v) is 6.70. The van der Waals surface area contributed by atoms with Gasteiger partial charge in [0.2, 0.25) is 11.9 Å². The molecule has 1 fully saturated rings. The van der Waals surface area contributed by atoms with Gasteiger partial charge in [0.1, 0.15) is 17.9 Å². The van der Waals surface area contributed by atoms with Gasteiger partial charge in [-0.1, -0.05) is 30.7 Å². The Balaban J connectivity index is 1.50. The van der Waals surface area contributed by atoms with Gasteiger partial charge in [0, 0.05) is 37.2 Å². The number of aliphatic imine (C=N–C) groups is 1. The van der Waals surface area contributed by atoms with E-state index in [9.17, 15) is 4.79 Å². The normalized spacial score (nSPS) is 15.0. The number of aromatic nitrogens is 4. The first-order valence-corrected chi connectivity index (χ1v) is 11.6. The van der Waals surface area contributed by atoms with Crippen molar-refractivity contribution in [3.8, 4) is 11.1 Å². The fourth-order valence-electron chi connectivity index (χ4n) is 4.06. The number of anilines is 1. The first-order chi connectivity index (χ1) is 16.7. The Kier molecular flexibility index (Phi) is 6.63.